The summed E-state index contributed by atoms with van der Waals surface area (Å²) in [5.41, 5.74) is 1.26. The number of methoxy groups -OCH3 is 2. The molecule has 1 heterocycles. The summed E-state index contributed by atoms with van der Waals surface area (Å²) in [6, 6.07) is 12.0. The molecule has 2 amide bonds. The first-order valence-corrected chi connectivity index (χ1v) is 9.35. The predicted octanol–water partition coefficient (Wildman–Crippen LogP) is 3.34. The molecular weight excluding hydrogens is 412 g/mol. The van der Waals surface area contributed by atoms with E-state index in [4.69, 9.17) is 9.47 Å². The molecule has 0 radical (unpaired) electrons. The van der Waals surface area contributed by atoms with Crippen LogP contribution in [0.5, 0.6) is 11.5 Å². The Morgan fingerprint density at radius 2 is 1.63 bits per heavy atom. The number of rotatable bonds is 4. The molecule has 0 N–H and O–H groups in total. The molecule has 2 aromatic rings. The van der Waals surface area contributed by atoms with Crippen molar-refractivity contribution in [2.45, 2.75) is 13.0 Å². The summed E-state index contributed by atoms with van der Waals surface area (Å²) in [6.07, 6.45) is 0. The van der Waals surface area contributed by atoms with E-state index in [1.54, 1.807) is 34.9 Å². The molecule has 142 valence electrons. The molecule has 1 atom stereocenters. The van der Waals surface area contributed by atoms with Crippen LogP contribution in [0.15, 0.2) is 46.9 Å². The second kappa shape index (κ2) is 8.00. The average Bonchev–Trinajstić information content (AvgIpc) is 2.70. The van der Waals surface area contributed by atoms with Crippen LogP contribution >= 0.6 is 15.9 Å². The number of piperazine rings is 1. The van der Waals surface area contributed by atoms with Crippen molar-refractivity contribution in [3.63, 3.8) is 0 Å². The molecule has 0 spiro atoms. The molecule has 0 unspecified atom stereocenters. The van der Waals surface area contributed by atoms with Gasteiger partial charge in [0.1, 0.15) is 17.5 Å². The maximum absolute atomic E-state index is 13.0. The summed E-state index contributed by atoms with van der Waals surface area (Å²) < 4.78 is 11.4. The molecule has 1 aliphatic rings. The van der Waals surface area contributed by atoms with E-state index in [1.165, 1.54) is 14.2 Å². The maximum atomic E-state index is 13.0. The molecule has 0 aliphatic carbocycles. The van der Waals surface area contributed by atoms with Gasteiger partial charge in [0.25, 0.3) is 5.91 Å². The van der Waals surface area contributed by atoms with Gasteiger partial charge in [-0.25, -0.2) is 0 Å². The van der Waals surface area contributed by atoms with Crippen molar-refractivity contribution in [2.24, 2.45) is 0 Å². The lowest BCUT2D eigenvalue weighted by Crippen LogP contribution is -2.57. The lowest BCUT2D eigenvalue weighted by Gasteiger charge is -2.39. The highest BCUT2D eigenvalue weighted by Crippen LogP contribution is 2.26. The maximum Gasteiger partial charge on any atom is 0.254 e. The molecule has 0 bridgehead atoms. The van der Waals surface area contributed by atoms with E-state index in [0.29, 0.717) is 30.2 Å². The molecular formula is C20H21BrN2O4. The molecule has 0 aromatic heterocycles. The number of hydrogen-bond donors (Lipinski definition) is 0. The highest BCUT2D eigenvalue weighted by Gasteiger charge is 2.35. The van der Waals surface area contributed by atoms with Gasteiger partial charge in [0.2, 0.25) is 5.91 Å². The van der Waals surface area contributed by atoms with Gasteiger partial charge < -0.3 is 19.3 Å². The summed E-state index contributed by atoms with van der Waals surface area (Å²) >= 11 is 3.40. The summed E-state index contributed by atoms with van der Waals surface area (Å²) in [4.78, 5) is 29.2. The molecule has 6 nitrogen and oxygen atoms in total. The van der Waals surface area contributed by atoms with Crippen LogP contribution in [0.2, 0.25) is 0 Å². The van der Waals surface area contributed by atoms with Crippen molar-refractivity contribution < 1.29 is 19.1 Å². The van der Waals surface area contributed by atoms with Gasteiger partial charge in [0.05, 0.1) is 14.2 Å². The summed E-state index contributed by atoms with van der Waals surface area (Å²) in [6.45, 7) is 2.64. The topological polar surface area (TPSA) is 59.1 Å². The summed E-state index contributed by atoms with van der Waals surface area (Å²) in [7, 11) is 3.07. The zero-order valence-electron chi connectivity index (χ0n) is 15.4. The fourth-order valence-corrected chi connectivity index (χ4v) is 3.39. The number of halogens is 1. The number of carbonyl (C=O) groups is 2. The van der Waals surface area contributed by atoms with Gasteiger partial charge in [-0.15, -0.1) is 0 Å². The normalized spacial score (nSPS) is 17.0. The molecule has 3 rings (SSSR count). The molecule has 27 heavy (non-hydrogen) atoms. The van der Waals surface area contributed by atoms with E-state index in [0.717, 1.165) is 10.2 Å². The van der Waals surface area contributed by atoms with Crippen LogP contribution in [0.3, 0.4) is 0 Å². The summed E-state index contributed by atoms with van der Waals surface area (Å²) in [5, 5.41) is 0. The van der Waals surface area contributed by atoms with Gasteiger partial charge in [-0.05, 0) is 43.3 Å². The molecule has 2 aromatic carbocycles. The Morgan fingerprint density at radius 1 is 1.04 bits per heavy atom. The number of nitrogens with zero attached hydrogens (tertiary/aromatic N) is 2. The minimum Gasteiger partial charge on any atom is -0.497 e. The summed E-state index contributed by atoms with van der Waals surface area (Å²) in [5.74, 6) is 0.741. The largest absolute Gasteiger partial charge is 0.497 e. The van der Waals surface area contributed by atoms with E-state index >= 15 is 0 Å². The van der Waals surface area contributed by atoms with Crippen LogP contribution in [0.1, 0.15) is 17.3 Å². The molecule has 1 fully saturated rings. The average molecular weight is 433 g/mol. The van der Waals surface area contributed by atoms with Crippen LogP contribution in [-0.4, -0.2) is 50.1 Å². The van der Waals surface area contributed by atoms with Crippen molar-refractivity contribution in [3.8, 4) is 11.5 Å². The van der Waals surface area contributed by atoms with E-state index in [-0.39, 0.29) is 11.8 Å². The van der Waals surface area contributed by atoms with Crippen molar-refractivity contribution >= 4 is 33.4 Å². The number of ether oxygens (including phenoxy) is 2. The first-order chi connectivity index (χ1) is 12.9. The lowest BCUT2D eigenvalue weighted by atomic mass is 10.1. The third kappa shape index (κ3) is 3.93. The number of anilines is 1. The van der Waals surface area contributed by atoms with Crippen LogP contribution in [0.25, 0.3) is 0 Å². The molecule has 1 saturated heterocycles. The van der Waals surface area contributed by atoms with Crippen LogP contribution < -0.4 is 14.4 Å². The Balaban J connectivity index is 1.82. The van der Waals surface area contributed by atoms with Crippen molar-refractivity contribution in [1.29, 1.82) is 0 Å². The minimum absolute atomic E-state index is 0.105. The Morgan fingerprint density at radius 3 is 2.19 bits per heavy atom. The van der Waals surface area contributed by atoms with Gasteiger partial charge in [0.15, 0.2) is 0 Å². The van der Waals surface area contributed by atoms with E-state index in [9.17, 15) is 9.59 Å². The predicted molar refractivity (Wildman–Crippen MR) is 107 cm³/mol. The van der Waals surface area contributed by atoms with Crippen molar-refractivity contribution in [2.75, 3.05) is 32.2 Å². The zero-order chi connectivity index (χ0) is 19.6. The standard InChI is InChI=1S/C20H21BrN2O4/c1-13-19(24)23(16-6-4-15(21)5-7-16)9-8-22(13)20(25)14-10-17(26-2)12-18(11-14)27-3/h4-7,10-13H,8-9H2,1-3H3/t13-/m1/s1. The van der Waals surface area contributed by atoms with Gasteiger partial charge in [0, 0.05) is 34.9 Å². The lowest BCUT2D eigenvalue weighted by molar-refractivity contribution is -0.124. The highest BCUT2D eigenvalue weighted by molar-refractivity contribution is 9.10. The second-order valence-electron chi connectivity index (χ2n) is 6.24. The first kappa shape index (κ1) is 19.2. The van der Waals surface area contributed by atoms with Crippen molar-refractivity contribution in [3.05, 3.63) is 52.5 Å². The SMILES string of the molecule is COc1cc(OC)cc(C(=O)N2CCN(c3ccc(Br)cc3)C(=O)[C@H]2C)c1. The van der Waals surface area contributed by atoms with E-state index in [2.05, 4.69) is 15.9 Å². The molecule has 0 saturated carbocycles. The fraction of sp³-hybridized carbons (Fsp3) is 0.300. The van der Waals surface area contributed by atoms with Crippen LogP contribution in [0.4, 0.5) is 5.69 Å². The van der Waals surface area contributed by atoms with Gasteiger partial charge in [-0.2, -0.15) is 0 Å². The monoisotopic (exact) mass is 432 g/mol. The first-order valence-electron chi connectivity index (χ1n) is 8.55. The third-order valence-corrected chi connectivity index (χ3v) is 5.18. The Labute approximate surface area is 166 Å². The number of amides is 2. The molecule has 7 heteroatoms. The van der Waals surface area contributed by atoms with Crippen molar-refractivity contribution in [1.82, 2.24) is 4.90 Å². The Hall–Kier alpha value is -2.54. The number of benzene rings is 2. The second-order valence-corrected chi connectivity index (χ2v) is 7.16. The zero-order valence-corrected chi connectivity index (χ0v) is 17.0. The van der Waals surface area contributed by atoms with Gasteiger partial charge in [-0.3, -0.25) is 9.59 Å². The third-order valence-electron chi connectivity index (χ3n) is 4.65. The van der Waals surface area contributed by atoms with Crippen LogP contribution in [-0.2, 0) is 4.79 Å². The fourth-order valence-electron chi connectivity index (χ4n) is 3.12. The van der Waals surface area contributed by atoms with E-state index in [1.807, 2.05) is 24.3 Å². The van der Waals surface area contributed by atoms with Gasteiger partial charge >= 0.3 is 0 Å². The quantitative estimate of drug-likeness (QED) is 0.742. The number of carbonyl (C=O) groups excluding carboxylic acids is 2. The smallest absolute Gasteiger partial charge is 0.254 e. The van der Waals surface area contributed by atoms with Crippen LogP contribution in [0, 0.1) is 0 Å². The van der Waals surface area contributed by atoms with E-state index < -0.39 is 6.04 Å². The highest BCUT2D eigenvalue weighted by atomic mass is 79.9. The number of hydrogen-bond acceptors (Lipinski definition) is 4. The minimum atomic E-state index is -0.563. The Bertz CT molecular complexity index is 831. The van der Waals surface area contributed by atoms with Gasteiger partial charge in [-0.1, -0.05) is 15.9 Å². The molecule has 1 aliphatic heterocycles. The Kier molecular flexibility index (Phi) is 5.70.